The second kappa shape index (κ2) is 9.92. The lowest BCUT2D eigenvalue weighted by Crippen LogP contribution is -2.30. The molecule has 7 heteroatoms. The zero-order valence-electron chi connectivity index (χ0n) is 17.2. The molecule has 1 aliphatic rings. The van der Waals surface area contributed by atoms with E-state index in [1.807, 2.05) is 31.2 Å². The molecule has 2 aromatic carbocycles. The summed E-state index contributed by atoms with van der Waals surface area (Å²) >= 11 is 3.35. The number of hydrogen-bond acceptors (Lipinski definition) is 4. The minimum Gasteiger partial charge on any atom is -0.507 e. The maximum atomic E-state index is 12.9. The van der Waals surface area contributed by atoms with Crippen LogP contribution in [-0.2, 0) is 14.4 Å². The number of carboxylic acids is 1. The average Bonchev–Trinajstić information content (AvgIpc) is 2.99. The molecule has 3 rings (SSSR count). The molecule has 1 heterocycles. The number of carbonyl (C=O) groups excluding carboxylic acids is 2. The van der Waals surface area contributed by atoms with Gasteiger partial charge in [0.25, 0.3) is 11.7 Å². The maximum absolute atomic E-state index is 12.9. The summed E-state index contributed by atoms with van der Waals surface area (Å²) in [7, 11) is 0. The van der Waals surface area contributed by atoms with Crippen LogP contribution in [0.3, 0.4) is 0 Å². The number of rotatable bonds is 8. The van der Waals surface area contributed by atoms with Gasteiger partial charge in [-0.25, -0.2) is 0 Å². The molecule has 1 saturated heterocycles. The van der Waals surface area contributed by atoms with Gasteiger partial charge in [0, 0.05) is 23.0 Å². The molecule has 0 bridgehead atoms. The lowest BCUT2D eigenvalue weighted by molar-refractivity contribution is -0.140. The molecule has 0 spiro atoms. The number of Topliss-reactive ketones (excluding diaryl/α,β-unsaturated/α-hetero) is 1. The molecule has 1 fully saturated rings. The van der Waals surface area contributed by atoms with Crippen LogP contribution in [0.1, 0.15) is 48.4 Å². The number of aryl methyl sites for hydroxylation is 1. The van der Waals surface area contributed by atoms with Crippen LogP contribution in [-0.4, -0.2) is 39.3 Å². The minimum absolute atomic E-state index is 0.0710. The SMILES string of the molecule is Cc1ccc([C@@H]2C(=C(O)c3ccc(Br)cc3)C(=O)C(=O)N2CCCCCC(=O)O)cc1. The van der Waals surface area contributed by atoms with Crippen LogP contribution in [0.2, 0.25) is 0 Å². The maximum Gasteiger partial charge on any atom is 0.303 e. The Kier molecular flexibility index (Phi) is 7.28. The van der Waals surface area contributed by atoms with Crippen LogP contribution in [0.4, 0.5) is 0 Å². The number of aliphatic hydroxyl groups is 1. The zero-order chi connectivity index (χ0) is 22.5. The standard InChI is InChI=1S/C24H24BrNO5/c1-15-6-8-16(9-7-15)21-20(22(29)17-10-12-18(25)13-11-17)23(30)24(31)26(21)14-4-2-3-5-19(27)28/h6-13,21,29H,2-5,14H2,1H3,(H,27,28)/t21-/m1/s1. The van der Waals surface area contributed by atoms with Gasteiger partial charge in [-0.1, -0.05) is 64.3 Å². The molecule has 0 saturated carbocycles. The molecular formula is C24H24BrNO5. The second-order valence-electron chi connectivity index (χ2n) is 7.61. The molecule has 2 N–H and O–H groups in total. The number of benzene rings is 2. The van der Waals surface area contributed by atoms with Gasteiger partial charge in [-0.3, -0.25) is 14.4 Å². The van der Waals surface area contributed by atoms with E-state index in [9.17, 15) is 19.5 Å². The molecule has 0 radical (unpaired) electrons. The Morgan fingerprint density at radius 3 is 2.23 bits per heavy atom. The number of carbonyl (C=O) groups is 3. The Bertz CT molecular complexity index is 1010. The molecular weight excluding hydrogens is 462 g/mol. The molecule has 1 aliphatic heterocycles. The number of likely N-dealkylation sites (tertiary alicyclic amines) is 1. The predicted molar refractivity (Wildman–Crippen MR) is 120 cm³/mol. The van der Waals surface area contributed by atoms with Gasteiger partial charge in [-0.2, -0.15) is 0 Å². The minimum atomic E-state index is -0.852. The van der Waals surface area contributed by atoms with E-state index in [1.54, 1.807) is 24.3 Å². The molecule has 0 aromatic heterocycles. The van der Waals surface area contributed by atoms with E-state index in [2.05, 4.69) is 15.9 Å². The number of amides is 1. The van der Waals surface area contributed by atoms with Crippen LogP contribution in [0.15, 0.2) is 58.6 Å². The van der Waals surface area contributed by atoms with E-state index in [-0.39, 0.29) is 17.8 Å². The normalized spacial score (nSPS) is 17.9. The smallest absolute Gasteiger partial charge is 0.303 e. The first-order valence-corrected chi connectivity index (χ1v) is 10.9. The van der Waals surface area contributed by atoms with E-state index in [0.29, 0.717) is 31.4 Å². The topological polar surface area (TPSA) is 94.9 Å². The highest BCUT2D eigenvalue weighted by Crippen LogP contribution is 2.39. The first-order valence-electron chi connectivity index (χ1n) is 10.1. The summed E-state index contributed by atoms with van der Waals surface area (Å²) in [6, 6.07) is 13.7. The van der Waals surface area contributed by atoms with Crippen molar-refractivity contribution in [1.82, 2.24) is 4.90 Å². The Labute approximate surface area is 189 Å². The van der Waals surface area contributed by atoms with E-state index in [4.69, 9.17) is 5.11 Å². The summed E-state index contributed by atoms with van der Waals surface area (Å²) in [5, 5.41) is 19.8. The van der Waals surface area contributed by atoms with Crippen molar-refractivity contribution in [2.45, 2.75) is 38.6 Å². The van der Waals surface area contributed by atoms with Gasteiger partial charge in [0.2, 0.25) is 0 Å². The molecule has 162 valence electrons. The van der Waals surface area contributed by atoms with E-state index < -0.39 is 23.7 Å². The quantitative estimate of drug-likeness (QED) is 0.241. The van der Waals surface area contributed by atoms with Crippen LogP contribution in [0.5, 0.6) is 0 Å². The summed E-state index contributed by atoms with van der Waals surface area (Å²) in [6.07, 6.45) is 1.78. The van der Waals surface area contributed by atoms with Crippen LogP contribution in [0.25, 0.3) is 5.76 Å². The lowest BCUT2D eigenvalue weighted by atomic mass is 9.94. The fourth-order valence-electron chi connectivity index (χ4n) is 3.70. The Morgan fingerprint density at radius 1 is 0.968 bits per heavy atom. The third-order valence-electron chi connectivity index (χ3n) is 5.34. The van der Waals surface area contributed by atoms with Crippen molar-refractivity contribution in [1.29, 1.82) is 0 Å². The van der Waals surface area contributed by atoms with Gasteiger partial charge in [0.15, 0.2) is 0 Å². The highest BCUT2D eigenvalue weighted by molar-refractivity contribution is 9.10. The third-order valence-corrected chi connectivity index (χ3v) is 5.87. The van der Waals surface area contributed by atoms with Crippen molar-refractivity contribution in [2.24, 2.45) is 0 Å². The Balaban J connectivity index is 1.96. The van der Waals surface area contributed by atoms with Crippen molar-refractivity contribution in [3.63, 3.8) is 0 Å². The number of aliphatic carboxylic acids is 1. The van der Waals surface area contributed by atoms with Gasteiger partial charge >= 0.3 is 5.97 Å². The number of nitrogens with zero attached hydrogens (tertiary/aromatic N) is 1. The largest absolute Gasteiger partial charge is 0.507 e. The summed E-state index contributed by atoms with van der Waals surface area (Å²) in [5.41, 5.74) is 2.32. The monoisotopic (exact) mass is 485 g/mol. The van der Waals surface area contributed by atoms with E-state index in [1.165, 1.54) is 4.90 Å². The highest BCUT2D eigenvalue weighted by atomic mass is 79.9. The number of aliphatic hydroxyl groups excluding tert-OH is 1. The van der Waals surface area contributed by atoms with Gasteiger partial charge in [0.1, 0.15) is 5.76 Å². The van der Waals surface area contributed by atoms with Crippen molar-refractivity contribution in [2.75, 3.05) is 6.54 Å². The molecule has 0 unspecified atom stereocenters. The summed E-state index contributed by atoms with van der Waals surface area (Å²) in [5.74, 6) is -2.42. The average molecular weight is 486 g/mol. The summed E-state index contributed by atoms with van der Waals surface area (Å²) in [6.45, 7) is 2.25. The van der Waals surface area contributed by atoms with Gasteiger partial charge in [-0.05, 0) is 37.5 Å². The number of halogens is 1. The second-order valence-corrected chi connectivity index (χ2v) is 8.53. The highest BCUT2D eigenvalue weighted by Gasteiger charge is 2.45. The molecule has 6 nitrogen and oxygen atoms in total. The van der Waals surface area contributed by atoms with Crippen LogP contribution >= 0.6 is 15.9 Å². The Morgan fingerprint density at radius 2 is 1.61 bits per heavy atom. The number of ketones is 1. The molecule has 2 aromatic rings. The van der Waals surface area contributed by atoms with E-state index >= 15 is 0 Å². The third kappa shape index (κ3) is 5.22. The first-order chi connectivity index (χ1) is 14.8. The first kappa shape index (κ1) is 22.7. The van der Waals surface area contributed by atoms with Crippen molar-refractivity contribution >= 4 is 39.3 Å². The number of unbranched alkanes of at least 4 members (excludes halogenated alkanes) is 2. The fourth-order valence-corrected chi connectivity index (χ4v) is 3.97. The van der Waals surface area contributed by atoms with Crippen molar-refractivity contribution < 1.29 is 24.6 Å². The molecule has 31 heavy (non-hydrogen) atoms. The summed E-state index contributed by atoms with van der Waals surface area (Å²) in [4.78, 5) is 38.0. The lowest BCUT2D eigenvalue weighted by Gasteiger charge is -2.25. The van der Waals surface area contributed by atoms with Gasteiger partial charge in [-0.15, -0.1) is 0 Å². The summed E-state index contributed by atoms with van der Waals surface area (Å²) < 4.78 is 0.834. The number of carboxylic acid groups (broad SMARTS) is 1. The predicted octanol–water partition coefficient (Wildman–Crippen LogP) is 4.82. The van der Waals surface area contributed by atoms with Crippen LogP contribution in [0, 0.1) is 6.92 Å². The van der Waals surface area contributed by atoms with E-state index in [0.717, 1.165) is 15.6 Å². The molecule has 1 atom stereocenters. The molecule has 0 aliphatic carbocycles. The zero-order valence-corrected chi connectivity index (χ0v) is 18.8. The van der Waals surface area contributed by atoms with Gasteiger partial charge in [0.05, 0.1) is 11.6 Å². The molecule has 1 amide bonds. The van der Waals surface area contributed by atoms with Gasteiger partial charge < -0.3 is 15.1 Å². The van der Waals surface area contributed by atoms with Crippen LogP contribution < -0.4 is 0 Å². The number of hydrogen-bond donors (Lipinski definition) is 2. The van der Waals surface area contributed by atoms with Crippen molar-refractivity contribution in [3.05, 3.63) is 75.3 Å². The Hall–Kier alpha value is -2.93. The van der Waals surface area contributed by atoms with Crippen molar-refractivity contribution in [3.8, 4) is 0 Å². The fraction of sp³-hybridized carbons (Fsp3) is 0.292.